The van der Waals surface area contributed by atoms with Crippen LogP contribution in [-0.4, -0.2) is 65.3 Å². The van der Waals surface area contributed by atoms with Crippen LogP contribution in [0.5, 0.6) is 5.75 Å². The molecule has 0 aliphatic carbocycles. The number of β-amino-alcohol motifs (C(OH)–C–C–N with tert-alkyl or cyclic N) is 1. The molecule has 1 atom stereocenters. The number of ether oxygens (including phenoxy) is 1. The van der Waals surface area contributed by atoms with Crippen molar-refractivity contribution in [3.05, 3.63) is 108 Å². The molecule has 1 unspecified atom stereocenters. The lowest BCUT2D eigenvalue weighted by molar-refractivity contribution is 0.0404. The molecule has 0 saturated carbocycles. The van der Waals surface area contributed by atoms with E-state index in [1.54, 1.807) is 6.20 Å². The van der Waals surface area contributed by atoms with Gasteiger partial charge in [0.1, 0.15) is 18.5 Å². The molecule has 0 radical (unpaired) electrons. The van der Waals surface area contributed by atoms with Crippen LogP contribution in [0.2, 0.25) is 0 Å². The Morgan fingerprint density at radius 1 is 0.794 bits per heavy atom. The molecular weight excluding hydrogens is 422 g/mol. The summed E-state index contributed by atoms with van der Waals surface area (Å²) in [6.45, 7) is 4.65. The van der Waals surface area contributed by atoms with Crippen molar-refractivity contribution < 1.29 is 9.84 Å². The summed E-state index contributed by atoms with van der Waals surface area (Å²) in [7, 11) is 0. The molecule has 1 saturated heterocycles. The van der Waals surface area contributed by atoms with Crippen molar-refractivity contribution in [3.63, 3.8) is 0 Å². The van der Waals surface area contributed by atoms with Crippen LogP contribution < -0.4 is 4.74 Å². The fourth-order valence-corrected chi connectivity index (χ4v) is 4.84. The Bertz CT molecular complexity index is 1130. The molecule has 5 heteroatoms. The second-order valence-corrected chi connectivity index (χ2v) is 8.88. The summed E-state index contributed by atoms with van der Waals surface area (Å²) in [5.74, 6) is 0.789. The van der Waals surface area contributed by atoms with Crippen LogP contribution >= 0.6 is 0 Å². The van der Waals surface area contributed by atoms with E-state index < -0.39 is 6.10 Å². The summed E-state index contributed by atoms with van der Waals surface area (Å²) in [5, 5.41) is 12.7. The minimum Gasteiger partial charge on any atom is -0.490 e. The second-order valence-electron chi connectivity index (χ2n) is 8.88. The maximum absolute atomic E-state index is 10.7. The standard InChI is InChI=1S/C29H31N3O2/c33-26(22-34-28-13-7-12-25-20-30-15-14-27(25)28)21-31-16-18-32(19-17-31)29(23-8-3-1-4-9-23)24-10-5-2-6-11-24/h1-15,20,26,29,33H,16-19,21-22H2. The van der Waals surface area contributed by atoms with Crippen LogP contribution in [0.4, 0.5) is 0 Å². The average molecular weight is 454 g/mol. The van der Waals surface area contributed by atoms with Gasteiger partial charge in [-0.15, -0.1) is 0 Å². The van der Waals surface area contributed by atoms with E-state index >= 15 is 0 Å². The normalized spacial score (nSPS) is 16.1. The topological polar surface area (TPSA) is 48.8 Å². The molecule has 1 aliphatic rings. The highest BCUT2D eigenvalue weighted by atomic mass is 16.5. The maximum Gasteiger partial charge on any atom is 0.127 e. The molecule has 5 nitrogen and oxygen atoms in total. The van der Waals surface area contributed by atoms with Crippen LogP contribution in [0.1, 0.15) is 17.2 Å². The van der Waals surface area contributed by atoms with Crippen LogP contribution in [0.3, 0.4) is 0 Å². The van der Waals surface area contributed by atoms with E-state index in [1.807, 2.05) is 30.5 Å². The van der Waals surface area contributed by atoms with Crippen molar-refractivity contribution >= 4 is 10.8 Å². The van der Waals surface area contributed by atoms with Gasteiger partial charge in [-0.05, 0) is 23.3 Å². The number of rotatable bonds is 8. The molecule has 1 aliphatic heterocycles. The monoisotopic (exact) mass is 453 g/mol. The van der Waals surface area contributed by atoms with E-state index in [2.05, 4.69) is 75.4 Å². The van der Waals surface area contributed by atoms with E-state index in [-0.39, 0.29) is 12.6 Å². The van der Waals surface area contributed by atoms with Crippen molar-refractivity contribution in [2.75, 3.05) is 39.3 Å². The van der Waals surface area contributed by atoms with Crippen LogP contribution in [0, 0.1) is 0 Å². The molecule has 1 fully saturated rings. The van der Waals surface area contributed by atoms with Gasteiger partial charge in [0.15, 0.2) is 0 Å². The number of hydrogen-bond acceptors (Lipinski definition) is 5. The molecule has 0 bridgehead atoms. The molecule has 4 aromatic rings. The van der Waals surface area contributed by atoms with Crippen molar-refractivity contribution in [1.29, 1.82) is 0 Å². The molecule has 0 spiro atoms. The first-order chi connectivity index (χ1) is 16.8. The molecule has 0 amide bonds. The number of nitrogens with zero attached hydrogens (tertiary/aromatic N) is 3. The van der Waals surface area contributed by atoms with E-state index in [9.17, 15) is 5.11 Å². The molecule has 5 rings (SSSR count). The van der Waals surface area contributed by atoms with Gasteiger partial charge in [0.2, 0.25) is 0 Å². The second kappa shape index (κ2) is 10.8. The number of fused-ring (bicyclic) bond motifs is 1. The fraction of sp³-hybridized carbons (Fsp3) is 0.276. The minimum atomic E-state index is -0.539. The highest BCUT2D eigenvalue weighted by Gasteiger charge is 2.27. The van der Waals surface area contributed by atoms with Crippen LogP contribution in [0.25, 0.3) is 10.8 Å². The third kappa shape index (κ3) is 5.28. The zero-order chi connectivity index (χ0) is 23.2. The molecule has 3 aromatic carbocycles. The summed E-state index contributed by atoms with van der Waals surface area (Å²) >= 11 is 0. The van der Waals surface area contributed by atoms with Crippen molar-refractivity contribution in [3.8, 4) is 5.75 Å². The highest BCUT2D eigenvalue weighted by Crippen LogP contribution is 2.29. The lowest BCUT2D eigenvalue weighted by Crippen LogP contribution is -2.50. The van der Waals surface area contributed by atoms with Gasteiger partial charge in [-0.25, -0.2) is 0 Å². The van der Waals surface area contributed by atoms with Gasteiger partial charge in [0, 0.05) is 55.9 Å². The van der Waals surface area contributed by atoms with Gasteiger partial charge in [0.05, 0.1) is 6.04 Å². The Balaban J connectivity index is 1.17. The zero-order valence-electron chi connectivity index (χ0n) is 19.3. The van der Waals surface area contributed by atoms with Gasteiger partial charge >= 0.3 is 0 Å². The first-order valence-corrected chi connectivity index (χ1v) is 12.0. The Morgan fingerprint density at radius 3 is 2.15 bits per heavy atom. The van der Waals surface area contributed by atoms with Crippen molar-refractivity contribution in [2.45, 2.75) is 12.1 Å². The van der Waals surface area contributed by atoms with Gasteiger partial charge in [-0.3, -0.25) is 14.8 Å². The number of hydrogen-bond donors (Lipinski definition) is 1. The third-order valence-corrected chi connectivity index (χ3v) is 6.54. The zero-order valence-corrected chi connectivity index (χ0v) is 19.3. The van der Waals surface area contributed by atoms with E-state index in [0.717, 1.165) is 42.7 Å². The Morgan fingerprint density at radius 2 is 1.47 bits per heavy atom. The largest absolute Gasteiger partial charge is 0.490 e. The summed E-state index contributed by atoms with van der Waals surface area (Å²) in [6, 6.07) is 29.6. The van der Waals surface area contributed by atoms with E-state index in [0.29, 0.717) is 6.54 Å². The Kier molecular flexibility index (Phi) is 7.15. The molecule has 1 aromatic heterocycles. The van der Waals surface area contributed by atoms with Crippen molar-refractivity contribution in [2.24, 2.45) is 0 Å². The minimum absolute atomic E-state index is 0.249. The van der Waals surface area contributed by atoms with Gasteiger partial charge in [0.25, 0.3) is 0 Å². The first-order valence-electron chi connectivity index (χ1n) is 12.0. The number of benzene rings is 3. The number of aromatic nitrogens is 1. The first kappa shape index (κ1) is 22.5. The van der Waals surface area contributed by atoms with Gasteiger partial charge in [-0.1, -0.05) is 72.8 Å². The summed E-state index contributed by atoms with van der Waals surface area (Å²) < 4.78 is 5.98. The number of pyridine rings is 1. The molecular formula is C29H31N3O2. The van der Waals surface area contributed by atoms with Crippen LogP contribution in [0.15, 0.2) is 97.3 Å². The lowest BCUT2D eigenvalue weighted by atomic mass is 9.96. The number of piperazine rings is 1. The van der Waals surface area contributed by atoms with Crippen LogP contribution in [-0.2, 0) is 0 Å². The Hall–Kier alpha value is -3.25. The lowest BCUT2D eigenvalue weighted by Gasteiger charge is -2.40. The average Bonchev–Trinajstić information content (AvgIpc) is 2.90. The fourth-order valence-electron chi connectivity index (χ4n) is 4.84. The predicted octanol–water partition coefficient (Wildman–Crippen LogP) is 4.38. The Labute approximate surface area is 201 Å². The van der Waals surface area contributed by atoms with E-state index in [4.69, 9.17) is 4.74 Å². The predicted molar refractivity (Wildman–Crippen MR) is 136 cm³/mol. The third-order valence-electron chi connectivity index (χ3n) is 6.54. The quantitative estimate of drug-likeness (QED) is 0.429. The molecule has 174 valence electrons. The smallest absolute Gasteiger partial charge is 0.127 e. The molecule has 34 heavy (non-hydrogen) atoms. The summed E-state index contributed by atoms with van der Waals surface area (Å²) in [5.41, 5.74) is 2.64. The van der Waals surface area contributed by atoms with Gasteiger partial charge < -0.3 is 9.84 Å². The maximum atomic E-state index is 10.7. The molecule has 2 heterocycles. The SMILES string of the molecule is OC(COc1cccc2cnccc12)CN1CCN(C(c2ccccc2)c2ccccc2)CC1. The van der Waals surface area contributed by atoms with E-state index in [1.165, 1.54) is 11.1 Å². The van der Waals surface area contributed by atoms with Gasteiger partial charge in [-0.2, -0.15) is 0 Å². The highest BCUT2D eigenvalue weighted by molar-refractivity contribution is 5.87. The summed E-state index contributed by atoms with van der Waals surface area (Å²) in [4.78, 5) is 9.06. The summed E-state index contributed by atoms with van der Waals surface area (Å²) in [6.07, 6.45) is 3.06. The molecule has 1 N–H and O–H groups in total. The number of aliphatic hydroxyl groups excluding tert-OH is 1. The number of aliphatic hydroxyl groups is 1. The van der Waals surface area contributed by atoms with Crippen molar-refractivity contribution in [1.82, 2.24) is 14.8 Å².